The van der Waals surface area contributed by atoms with Crippen LogP contribution in [0.15, 0.2) is 12.3 Å². The molecule has 0 spiro atoms. The maximum Gasteiger partial charge on any atom is 0.410 e. The van der Waals surface area contributed by atoms with Crippen molar-refractivity contribution in [2.75, 3.05) is 0 Å². The van der Waals surface area contributed by atoms with Crippen molar-refractivity contribution in [1.82, 2.24) is 9.88 Å². The zero-order valence-corrected chi connectivity index (χ0v) is 9.33. The number of ether oxygens (including phenoxy) is 1. The molecule has 15 heavy (non-hydrogen) atoms. The predicted molar refractivity (Wildman–Crippen MR) is 56.3 cm³/mol. The summed E-state index contributed by atoms with van der Waals surface area (Å²) in [5, 5.41) is 0. The lowest BCUT2D eigenvalue weighted by Gasteiger charge is -2.24. The summed E-state index contributed by atoms with van der Waals surface area (Å²) in [6.07, 6.45) is 1.66. The van der Waals surface area contributed by atoms with E-state index in [1.54, 1.807) is 4.90 Å². The number of carbonyl (C=O) groups excluding carboxylic acids is 1. The van der Waals surface area contributed by atoms with Gasteiger partial charge in [0.05, 0.1) is 13.1 Å². The fourth-order valence-electron chi connectivity index (χ4n) is 1.64. The largest absolute Gasteiger partial charge is 0.444 e. The first-order chi connectivity index (χ1) is 6.96. The van der Waals surface area contributed by atoms with Crippen molar-refractivity contribution in [2.24, 2.45) is 0 Å². The highest BCUT2D eigenvalue weighted by Crippen LogP contribution is 2.23. The van der Waals surface area contributed by atoms with Crippen LogP contribution in [0.4, 0.5) is 4.79 Å². The minimum absolute atomic E-state index is 0.243. The number of aromatic amines is 1. The molecule has 0 aliphatic carbocycles. The number of aromatic nitrogens is 1. The molecule has 0 bridgehead atoms. The Balaban J connectivity index is 1.98. The molecule has 1 N–H and O–H groups in total. The van der Waals surface area contributed by atoms with E-state index in [2.05, 4.69) is 4.98 Å². The topological polar surface area (TPSA) is 45.3 Å². The molecule has 0 aromatic carbocycles. The molecule has 0 unspecified atom stereocenters. The highest BCUT2D eigenvalue weighted by atomic mass is 16.6. The van der Waals surface area contributed by atoms with Gasteiger partial charge in [-0.25, -0.2) is 4.79 Å². The number of nitrogens with one attached hydrogen (secondary N) is 1. The smallest absolute Gasteiger partial charge is 0.410 e. The van der Waals surface area contributed by atoms with E-state index in [1.807, 2.05) is 33.0 Å². The zero-order chi connectivity index (χ0) is 11.1. The molecule has 2 rings (SSSR count). The number of fused-ring (bicyclic) bond motifs is 1. The fraction of sp³-hybridized carbons (Fsp3) is 0.545. The van der Waals surface area contributed by atoms with Gasteiger partial charge in [-0.1, -0.05) is 0 Å². The summed E-state index contributed by atoms with van der Waals surface area (Å²) in [6.45, 7) is 6.89. The second-order valence-corrected chi connectivity index (χ2v) is 4.82. The molecule has 82 valence electrons. The average molecular weight is 208 g/mol. The zero-order valence-electron chi connectivity index (χ0n) is 9.33. The summed E-state index contributed by atoms with van der Waals surface area (Å²) >= 11 is 0. The van der Waals surface area contributed by atoms with Gasteiger partial charge in [-0.05, 0) is 32.4 Å². The molecule has 4 nitrogen and oxygen atoms in total. The minimum atomic E-state index is -0.423. The highest BCUT2D eigenvalue weighted by molar-refractivity contribution is 5.69. The maximum atomic E-state index is 11.7. The third-order valence-electron chi connectivity index (χ3n) is 2.29. The first-order valence-corrected chi connectivity index (χ1v) is 5.09. The molecular formula is C11H16N2O2. The molecule has 0 saturated carbocycles. The standard InChI is InChI=1S/C11H16N2O2/c1-11(2,3)15-10(14)13-6-8-4-5-12-9(8)7-13/h4-5,12H,6-7H2,1-3H3. The molecule has 0 fully saturated rings. The van der Waals surface area contributed by atoms with Crippen LogP contribution in [0, 0.1) is 0 Å². The SMILES string of the molecule is CC(C)(C)OC(=O)N1Cc2cc[nH]c2C1. The van der Waals surface area contributed by atoms with Crippen LogP contribution in [0.1, 0.15) is 32.0 Å². The van der Waals surface area contributed by atoms with Gasteiger partial charge >= 0.3 is 6.09 Å². The summed E-state index contributed by atoms with van der Waals surface area (Å²) < 4.78 is 5.30. The summed E-state index contributed by atoms with van der Waals surface area (Å²) in [5.41, 5.74) is 1.87. The van der Waals surface area contributed by atoms with Crippen LogP contribution in [0.5, 0.6) is 0 Å². The van der Waals surface area contributed by atoms with E-state index < -0.39 is 5.60 Å². The molecule has 1 aromatic heterocycles. The van der Waals surface area contributed by atoms with Crippen molar-refractivity contribution in [3.63, 3.8) is 0 Å². The van der Waals surface area contributed by atoms with Gasteiger partial charge in [0.25, 0.3) is 0 Å². The Labute approximate surface area is 89.2 Å². The van der Waals surface area contributed by atoms with Gasteiger partial charge in [0, 0.05) is 11.9 Å². The van der Waals surface area contributed by atoms with E-state index in [0.717, 1.165) is 5.69 Å². The van der Waals surface area contributed by atoms with Gasteiger partial charge in [0.15, 0.2) is 0 Å². The Kier molecular flexibility index (Phi) is 2.21. The number of nitrogens with zero attached hydrogens (tertiary/aromatic N) is 1. The molecule has 2 heterocycles. The Morgan fingerprint density at radius 3 is 2.80 bits per heavy atom. The predicted octanol–water partition coefficient (Wildman–Crippen LogP) is 2.27. The van der Waals surface area contributed by atoms with Crippen molar-refractivity contribution in [3.8, 4) is 0 Å². The normalized spacial score (nSPS) is 15.3. The van der Waals surface area contributed by atoms with Gasteiger partial charge < -0.3 is 9.72 Å². The third kappa shape index (κ3) is 2.14. The first-order valence-electron chi connectivity index (χ1n) is 5.09. The van der Waals surface area contributed by atoms with Crippen molar-refractivity contribution in [2.45, 2.75) is 39.5 Å². The average Bonchev–Trinajstić information content (AvgIpc) is 2.56. The second kappa shape index (κ2) is 3.29. The minimum Gasteiger partial charge on any atom is -0.444 e. The quantitative estimate of drug-likeness (QED) is 0.710. The lowest BCUT2D eigenvalue weighted by Crippen LogP contribution is -2.33. The van der Waals surface area contributed by atoms with Crippen LogP contribution < -0.4 is 0 Å². The molecule has 1 aromatic rings. The van der Waals surface area contributed by atoms with Crippen molar-refractivity contribution in [3.05, 3.63) is 23.5 Å². The van der Waals surface area contributed by atoms with Crippen LogP contribution in [0.2, 0.25) is 0 Å². The first kappa shape index (κ1) is 10.1. The molecule has 1 amide bonds. The maximum absolute atomic E-state index is 11.7. The van der Waals surface area contributed by atoms with Crippen LogP contribution in [0.3, 0.4) is 0 Å². The van der Waals surface area contributed by atoms with E-state index >= 15 is 0 Å². The van der Waals surface area contributed by atoms with Gasteiger partial charge in [-0.2, -0.15) is 0 Å². The number of carbonyl (C=O) groups is 1. The van der Waals surface area contributed by atoms with Gasteiger partial charge in [-0.3, -0.25) is 4.90 Å². The summed E-state index contributed by atoms with van der Waals surface area (Å²) in [7, 11) is 0. The van der Waals surface area contributed by atoms with Crippen LogP contribution >= 0.6 is 0 Å². The molecule has 0 radical (unpaired) electrons. The number of hydrogen-bond acceptors (Lipinski definition) is 2. The Hall–Kier alpha value is -1.45. The Morgan fingerprint density at radius 2 is 2.20 bits per heavy atom. The monoisotopic (exact) mass is 208 g/mol. The fourth-order valence-corrected chi connectivity index (χ4v) is 1.64. The number of rotatable bonds is 0. The lowest BCUT2D eigenvalue weighted by molar-refractivity contribution is 0.0240. The molecule has 0 saturated heterocycles. The highest BCUT2D eigenvalue weighted by Gasteiger charge is 2.27. The summed E-state index contributed by atoms with van der Waals surface area (Å²) in [5.74, 6) is 0. The van der Waals surface area contributed by atoms with Crippen LogP contribution in [-0.4, -0.2) is 21.6 Å². The van der Waals surface area contributed by atoms with E-state index in [4.69, 9.17) is 4.74 Å². The van der Waals surface area contributed by atoms with Gasteiger partial charge in [-0.15, -0.1) is 0 Å². The Bertz CT molecular complexity index is 356. The van der Waals surface area contributed by atoms with E-state index in [0.29, 0.717) is 13.1 Å². The van der Waals surface area contributed by atoms with Crippen molar-refractivity contribution in [1.29, 1.82) is 0 Å². The Morgan fingerprint density at radius 1 is 1.47 bits per heavy atom. The van der Waals surface area contributed by atoms with E-state index in [-0.39, 0.29) is 6.09 Å². The van der Waals surface area contributed by atoms with E-state index in [9.17, 15) is 4.79 Å². The van der Waals surface area contributed by atoms with Crippen molar-refractivity contribution >= 4 is 6.09 Å². The van der Waals surface area contributed by atoms with Gasteiger partial charge in [0.2, 0.25) is 0 Å². The molecule has 1 aliphatic heterocycles. The van der Waals surface area contributed by atoms with Gasteiger partial charge in [0.1, 0.15) is 5.60 Å². The summed E-state index contributed by atoms with van der Waals surface area (Å²) in [4.78, 5) is 16.5. The molecular weight excluding hydrogens is 192 g/mol. The van der Waals surface area contributed by atoms with Crippen molar-refractivity contribution < 1.29 is 9.53 Å². The third-order valence-corrected chi connectivity index (χ3v) is 2.29. The second-order valence-electron chi connectivity index (χ2n) is 4.82. The van der Waals surface area contributed by atoms with Crippen LogP contribution in [0.25, 0.3) is 0 Å². The summed E-state index contributed by atoms with van der Waals surface area (Å²) in [6, 6.07) is 2.00. The molecule has 4 heteroatoms. The number of amides is 1. The molecule has 0 atom stereocenters. The molecule has 1 aliphatic rings. The lowest BCUT2D eigenvalue weighted by atomic mass is 10.2. The van der Waals surface area contributed by atoms with E-state index in [1.165, 1.54) is 5.56 Å². The van der Waals surface area contributed by atoms with Crippen LogP contribution in [-0.2, 0) is 17.8 Å². The number of H-pyrrole nitrogens is 1. The number of hydrogen-bond donors (Lipinski definition) is 1.